The van der Waals surface area contributed by atoms with Crippen molar-refractivity contribution in [3.63, 3.8) is 0 Å². The lowest BCUT2D eigenvalue weighted by Crippen LogP contribution is -2.44. The van der Waals surface area contributed by atoms with Gasteiger partial charge in [-0.3, -0.25) is 4.99 Å². The molecule has 3 N–H and O–H groups in total. The normalized spacial score (nSPS) is 17.4. The maximum Gasteiger partial charge on any atom is 0.193 e. The van der Waals surface area contributed by atoms with E-state index in [9.17, 15) is 0 Å². The molecular weight excluding hydrogens is 298 g/mol. The third-order valence-electron chi connectivity index (χ3n) is 4.59. The average molecular weight is 332 g/mol. The number of aliphatic imine (C=N–C) groups is 1. The highest BCUT2D eigenvalue weighted by Gasteiger charge is 2.12. The van der Waals surface area contributed by atoms with Gasteiger partial charge in [0.2, 0.25) is 0 Å². The first-order valence-corrected chi connectivity index (χ1v) is 9.12. The summed E-state index contributed by atoms with van der Waals surface area (Å²) in [5.74, 6) is 1.02. The molecule has 0 aliphatic carbocycles. The zero-order chi connectivity index (χ0) is 17.4. The molecule has 1 aliphatic heterocycles. The van der Waals surface area contributed by atoms with Gasteiger partial charge in [-0.1, -0.05) is 26.0 Å². The number of hydrogen-bond acceptors (Lipinski definition) is 3. The summed E-state index contributed by atoms with van der Waals surface area (Å²) in [5, 5.41) is 3.19. The van der Waals surface area contributed by atoms with Crippen LogP contribution in [0.1, 0.15) is 38.2 Å². The Morgan fingerprint density at radius 1 is 1.21 bits per heavy atom. The van der Waals surface area contributed by atoms with E-state index in [2.05, 4.69) is 59.2 Å². The Kier molecular flexibility index (Phi) is 7.53. The van der Waals surface area contributed by atoms with E-state index in [-0.39, 0.29) is 0 Å². The van der Waals surface area contributed by atoms with Gasteiger partial charge in [0.15, 0.2) is 5.96 Å². The highest BCUT2D eigenvalue weighted by molar-refractivity contribution is 5.92. The molecule has 24 heavy (non-hydrogen) atoms. The lowest BCUT2D eigenvalue weighted by molar-refractivity contribution is 0.152. The molecule has 134 valence electrons. The van der Waals surface area contributed by atoms with Gasteiger partial charge in [-0.25, -0.2) is 0 Å². The molecule has 1 saturated heterocycles. The number of nitrogens with zero attached hydrogens (tertiary/aromatic N) is 3. The second-order valence-corrected chi connectivity index (χ2v) is 7.02. The van der Waals surface area contributed by atoms with Gasteiger partial charge in [0.25, 0.3) is 0 Å². The van der Waals surface area contributed by atoms with Crippen LogP contribution in [0, 0.1) is 0 Å². The Balaban J connectivity index is 1.66. The number of rotatable bonds is 7. The van der Waals surface area contributed by atoms with Crippen molar-refractivity contribution in [2.45, 2.75) is 32.6 Å². The van der Waals surface area contributed by atoms with Crippen LogP contribution in [0.3, 0.4) is 0 Å². The van der Waals surface area contributed by atoms with Gasteiger partial charge in [0.1, 0.15) is 0 Å². The second kappa shape index (κ2) is 9.64. The molecule has 0 radical (unpaired) electrons. The van der Waals surface area contributed by atoms with Crippen molar-refractivity contribution in [3.05, 3.63) is 29.8 Å². The van der Waals surface area contributed by atoms with Crippen LogP contribution in [0.4, 0.5) is 5.69 Å². The van der Waals surface area contributed by atoms with E-state index in [4.69, 9.17) is 5.73 Å². The number of unbranched alkanes of at least 4 members (excludes halogenated alkanes) is 1. The summed E-state index contributed by atoms with van der Waals surface area (Å²) in [6, 6.07) is 8.37. The summed E-state index contributed by atoms with van der Waals surface area (Å²) in [6.07, 6.45) is 2.27. The SMILES string of the molecule is CC(C)c1cccc(NC(N)=NCCCCN2CCN(C)CC2)c1. The summed E-state index contributed by atoms with van der Waals surface area (Å²) in [5.41, 5.74) is 8.31. The summed E-state index contributed by atoms with van der Waals surface area (Å²) >= 11 is 0. The Hall–Kier alpha value is -1.59. The van der Waals surface area contributed by atoms with Crippen molar-refractivity contribution in [1.29, 1.82) is 0 Å². The minimum Gasteiger partial charge on any atom is -0.370 e. The van der Waals surface area contributed by atoms with Crippen molar-refractivity contribution in [3.8, 4) is 0 Å². The van der Waals surface area contributed by atoms with Crippen LogP contribution in [0.15, 0.2) is 29.3 Å². The molecule has 0 aromatic heterocycles. The fourth-order valence-electron chi connectivity index (χ4n) is 2.88. The van der Waals surface area contributed by atoms with E-state index < -0.39 is 0 Å². The quantitative estimate of drug-likeness (QED) is 0.458. The number of likely N-dealkylation sites (N-methyl/N-ethyl adjacent to an activating group) is 1. The van der Waals surface area contributed by atoms with E-state index in [0.29, 0.717) is 11.9 Å². The standard InChI is InChI=1S/C19H33N5/c1-16(2)17-7-6-8-18(15-17)22-19(20)21-9-4-5-10-24-13-11-23(3)12-14-24/h6-8,15-16H,4-5,9-14H2,1-3H3,(H3,20,21,22). The first-order chi connectivity index (χ1) is 11.5. The number of piperazine rings is 1. The molecule has 5 heteroatoms. The maximum absolute atomic E-state index is 6.00. The van der Waals surface area contributed by atoms with Crippen molar-refractivity contribution < 1.29 is 0 Å². The lowest BCUT2D eigenvalue weighted by atomic mass is 10.0. The van der Waals surface area contributed by atoms with Gasteiger partial charge in [0.05, 0.1) is 0 Å². The van der Waals surface area contributed by atoms with Crippen LogP contribution < -0.4 is 11.1 Å². The molecule has 0 unspecified atom stereocenters. The van der Waals surface area contributed by atoms with Crippen molar-refractivity contribution in [2.75, 3.05) is 51.6 Å². The Morgan fingerprint density at radius 3 is 2.67 bits per heavy atom. The third-order valence-corrected chi connectivity index (χ3v) is 4.59. The Morgan fingerprint density at radius 2 is 1.96 bits per heavy atom. The summed E-state index contributed by atoms with van der Waals surface area (Å²) in [6.45, 7) is 11.1. The first kappa shape index (κ1) is 18.7. The van der Waals surface area contributed by atoms with E-state index in [1.807, 2.05) is 6.07 Å². The molecule has 0 spiro atoms. The van der Waals surface area contributed by atoms with Crippen LogP contribution in [-0.4, -0.2) is 62.1 Å². The lowest BCUT2D eigenvalue weighted by Gasteiger charge is -2.32. The second-order valence-electron chi connectivity index (χ2n) is 7.02. The van der Waals surface area contributed by atoms with Gasteiger partial charge >= 0.3 is 0 Å². The van der Waals surface area contributed by atoms with Crippen LogP contribution in [0.2, 0.25) is 0 Å². The molecule has 0 amide bonds. The number of benzene rings is 1. The topological polar surface area (TPSA) is 56.9 Å². The first-order valence-electron chi connectivity index (χ1n) is 9.12. The van der Waals surface area contributed by atoms with Gasteiger partial charge in [-0.2, -0.15) is 0 Å². The fourth-order valence-corrected chi connectivity index (χ4v) is 2.88. The number of nitrogens with two attached hydrogens (primary N) is 1. The van der Waals surface area contributed by atoms with Gasteiger partial charge in [-0.05, 0) is 50.0 Å². The third kappa shape index (κ3) is 6.49. The molecule has 0 bridgehead atoms. The average Bonchev–Trinajstić information content (AvgIpc) is 2.56. The molecule has 2 rings (SSSR count). The predicted molar refractivity (Wildman–Crippen MR) is 104 cm³/mol. The molecule has 0 atom stereocenters. The molecule has 1 aromatic carbocycles. The minimum atomic E-state index is 0.510. The smallest absolute Gasteiger partial charge is 0.193 e. The van der Waals surface area contributed by atoms with E-state index >= 15 is 0 Å². The summed E-state index contributed by atoms with van der Waals surface area (Å²) in [4.78, 5) is 9.38. The highest BCUT2D eigenvalue weighted by atomic mass is 15.2. The minimum absolute atomic E-state index is 0.510. The molecular formula is C19H33N5. The monoisotopic (exact) mass is 331 g/mol. The molecule has 0 saturated carbocycles. The van der Waals surface area contributed by atoms with Crippen molar-refractivity contribution >= 4 is 11.6 Å². The van der Waals surface area contributed by atoms with Crippen LogP contribution in [-0.2, 0) is 0 Å². The zero-order valence-corrected chi connectivity index (χ0v) is 15.5. The Labute approximate surface area is 146 Å². The van der Waals surface area contributed by atoms with Crippen LogP contribution in [0.25, 0.3) is 0 Å². The van der Waals surface area contributed by atoms with Crippen LogP contribution in [0.5, 0.6) is 0 Å². The maximum atomic E-state index is 6.00. The van der Waals surface area contributed by atoms with Gasteiger partial charge in [0, 0.05) is 38.4 Å². The predicted octanol–water partition coefficient (Wildman–Crippen LogP) is 2.56. The van der Waals surface area contributed by atoms with E-state index in [1.165, 1.54) is 44.7 Å². The van der Waals surface area contributed by atoms with E-state index in [0.717, 1.165) is 18.7 Å². The Bertz CT molecular complexity index is 518. The molecule has 1 fully saturated rings. The number of hydrogen-bond donors (Lipinski definition) is 2. The van der Waals surface area contributed by atoms with Crippen molar-refractivity contribution in [1.82, 2.24) is 9.80 Å². The van der Waals surface area contributed by atoms with Crippen molar-refractivity contribution in [2.24, 2.45) is 10.7 Å². The fraction of sp³-hybridized carbons (Fsp3) is 0.632. The largest absolute Gasteiger partial charge is 0.370 e. The molecule has 1 aromatic rings. The highest BCUT2D eigenvalue weighted by Crippen LogP contribution is 2.18. The van der Waals surface area contributed by atoms with Gasteiger partial charge < -0.3 is 20.9 Å². The number of guanidine groups is 1. The zero-order valence-electron chi connectivity index (χ0n) is 15.5. The summed E-state index contributed by atoms with van der Waals surface area (Å²) in [7, 11) is 2.19. The molecule has 5 nitrogen and oxygen atoms in total. The number of anilines is 1. The molecule has 1 heterocycles. The van der Waals surface area contributed by atoms with Crippen LogP contribution >= 0.6 is 0 Å². The van der Waals surface area contributed by atoms with E-state index in [1.54, 1.807) is 0 Å². The number of nitrogens with one attached hydrogen (secondary N) is 1. The van der Waals surface area contributed by atoms with Gasteiger partial charge in [-0.15, -0.1) is 0 Å². The molecule has 1 aliphatic rings. The summed E-state index contributed by atoms with van der Waals surface area (Å²) < 4.78 is 0.